The molecule has 0 spiro atoms. The molecule has 170 valence electrons. The van der Waals surface area contributed by atoms with Crippen LogP contribution in [0.4, 0.5) is 18.9 Å². The molecule has 1 heterocycles. The van der Waals surface area contributed by atoms with Gasteiger partial charge in [0.15, 0.2) is 23.3 Å². The molecule has 0 radical (unpaired) electrons. The Hall–Kier alpha value is -3.04. The third kappa shape index (κ3) is 6.02. The maximum absolute atomic E-state index is 14.5. The van der Waals surface area contributed by atoms with Gasteiger partial charge in [-0.3, -0.25) is 19.5 Å². The van der Waals surface area contributed by atoms with Gasteiger partial charge in [0.1, 0.15) is 5.82 Å². The Bertz CT molecular complexity index is 1010. The van der Waals surface area contributed by atoms with Crippen LogP contribution in [0, 0.1) is 23.4 Å². The minimum Gasteiger partial charge on any atom is -0.465 e. The Kier molecular flexibility index (Phi) is 8.13. The molecule has 1 unspecified atom stereocenters. The first-order valence-electron chi connectivity index (χ1n) is 10.2. The molecular weight excluding hydrogens is 425 g/mol. The fourth-order valence-corrected chi connectivity index (χ4v) is 3.24. The normalized spacial score (nSPS) is 15.6. The van der Waals surface area contributed by atoms with Crippen LogP contribution in [0.15, 0.2) is 41.4 Å². The predicted molar refractivity (Wildman–Crippen MR) is 111 cm³/mol. The molecule has 1 aliphatic heterocycles. The molecule has 0 saturated carbocycles. The minimum atomic E-state index is -1.55. The van der Waals surface area contributed by atoms with Crippen molar-refractivity contribution in [2.24, 2.45) is 10.9 Å². The van der Waals surface area contributed by atoms with Crippen molar-refractivity contribution in [1.29, 1.82) is 0 Å². The van der Waals surface area contributed by atoms with Gasteiger partial charge in [0.25, 0.3) is 0 Å². The third-order valence-corrected chi connectivity index (χ3v) is 4.90. The number of hydrogen-bond acceptors (Lipinski definition) is 6. The highest BCUT2D eigenvalue weighted by molar-refractivity contribution is 6.18. The quantitative estimate of drug-likeness (QED) is 0.267. The topological polar surface area (TPSA) is 68.2 Å². The number of aliphatic imine (C=N–C) groups is 1. The zero-order valence-corrected chi connectivity index (χ0v) is 17.5. The van der Waals surface area contributed by atoms with E-state index in [-0.39, 0.29) is 17.9 Å². The van der Waals surface area contributed by atoms with E-state index in [1.807, 2.05) is 0 Å². The Balaban J connectivity index is 1.86. The molecule has 32 heavy (non-hydrogen) atoms. The molecule has 1 atom stereocenters. The number of halogens is 3. The van der Waals surface area contributed by atoms with E-state index in [0.717, 1.165) is 18.3 Å². The van der Waals surface area contributed by atoms with Gasteiger partial charge in [0.05, 0.1) is 31.1 Å². The minimum absolute atomic E-state index is 0.00117. The lowest BCUT2D eigenvalue weighted by molar-refractivity contribution is -0.143. The second kappa shape index (κ2) is 11.0. The first kappa shape index (κ1) is 23.6. The lowest BCUT2D eigenvalue weighted by Gasteiger charge is -2.26. The molecule has 0 N–H and O–H groups in total. The molecule has 0 amide bonds. The summed E-state index contributed by atoms with van der Waals surface area (Å²) in [5, 5.41) is 0. The predicted octanol–water partition coefficient (Wildman–Crippen LogP) is 3.70. The van der Waals surface area contributed by atoms with Crippen molar-refractivity contribution in [2.75, 3.05) is 32.9 Å². The summed E-state index contributed by atoms with van der Waals surface area (Å²) < 4.78 is 51.3. The van der Waals surface area contributed by atoms with Crippen molar-refractivity contribution in [2.45, 2.75) is 13.5 Å². The zero-order valence-electron chi connectivity index (χ0n) is 17.5. The second-order valence-corrected chi connectivity index (χ2v) is 7.17. The van der Waals surface area contributed by atoms with E-state index < -0.39 is 35.1 Å². The molecule has 2 aromatic rings. The van der Waals surface area contributed by atoms with Crippen LogP contribution in [-0.4, -0.2) is 55.8 Å². The van der Waals surface area contributed by atoms with Crippen LogP contribution in [0.25, 0.3) is 0 Å². The van der Waals surface area contributed by atoms with Gasteiger partial charge in [-0.05, 0) is 36.8 Å². The Labute approximate surface area is 183 Å². The van der Waals surface area contributed by atoms with E-state index in [1.165, 1.54) is 18.2 Å². The fraction of sp³-hybridized carbons (Fsp3) is 0.348. The number of hydrogen-bond donors (Lipinski definition) is 0. The van der Waals surface area contributed by atoms with Crippen molar-refractivity contribution in [3.8, 4) is 0 Å². The van der Waals surface area contributed by atoms with Crippen molar-refractivity contribution in [3.05, 3.63) is 65.0 Å². The van der Waals surface area contributed by atoms with Gasteiger partial charge >= 0.3 is 5.97 Å². The summed E-state index contributed by atoms with van der Waals surface area (Å²) in [6.07, 6.45) is 0.959. The smallest absolute Gasteiger partial charge is 0.322 e. The van der Waals surface area contributed by atoms with Crippen molar-refractivity contribution < 1.29 is 32.2 Å². The number of esters is 1. The summed E-state index contributed by atoms with van der Waals surface area (Å²) in [4.78, 5) is 31.5. The van der Waals surface area contributed by atoms with Gasteiger partial charge in [-0.25, -0.2) is 13.2 Å². The molecule has 0 aromatic heterocycles. The molecule has 3 rings (SSSR count). The number of ether oxygens (including phenoxy) is 2. The van der Waals surface area contributed by atoms with E-state index in [9.17, 15) is 22.8 Å². The first-order valence-corrected chi connectivity index (χ1v) is 10.2. The van der Waals surface area contributed by atoms with Crippen molar-refractivity contribution in [3.63, 3.8) is 0 Å². The number of rotatable bonds is 8. The number of nitrogens with zero attached hydrogens (tertiary/aromatic N) is 2. The largest absolute Gasteiger partial charge is 0.465 e. The molecule has 9 heteroatoms. The maximum Gasteiger partial charge on any atom is 0.322 e. The number of ketones is 1. The summed E-state index contributed by atoms with van der Waals surface area (Å²) in [5.41, 5.74) is 0.426. The Morgan fingerprint density at radius 2 is 1.81 bits per heavy atom. The number of carbonyl (C=O) groups is 2. The van der Waals surface area contributed by atoms with Crippen LogP contribution in [0.5, 0.6) is 0 Å². The van der Waals surface area contributed by atoms with Gasteiger partial charge in [0, 0.05) is 31.9 Å². The summed E-state index contributed by atoms with van der Waals surface area (Å²) in [6, 6.07) is 7.05. The van der Waals surface area contributed by atoms with E-state index in [0.29, 0.717) is 38.4 Å². The molecule has 0 aliphatic carbocycles. The molecular formula is C23H23F3N2O4. The lowest BCUT2D eigenvalue weighted by atomic mass is 9.96. The Morgan fingerprint density at radius 1 is 1.09 bits per heavy atom. The van der Waals surface area contributed by atoms with E-state index in [4.69, 9.17) is 9.47 Å². The summed E-state index contributed by atoms with van der Waals surface area (Å²) in [7, 11) is 0. The second-order valence-electron chi connectivity index (χ2n) is 7.17. The van der Waals surface area contributed by atoms with Crippen LogP contribution in [-0.2, 0) is 20.8 Å². The zero-order chi connectivity index (χ0) is 23.1. The average Bonchev–Trinajstić information content (AvgIpc) is 2.78. The summed E-state index contributed by atoms with van der Waals surface area (Å²) >= 11 is 0. The number of benzene rings is 2. The molecule has 1 fully saturated rings. The fourth-order valence-electron chi connectivity index (χ4n) is 3.24. The summed E-state index contributed by atoms with van der Waals surface area (Å²) in [6.45, 7) is 4.68. The monoisotopic (exact) mass is 448 g/mol. The Morgan fingerprint density at radius 3 is 2.50 bits per heavy atom. The van der Waals surface area contributed by atoms with Gasteiger partial charge < -0.3 is 9.47 Å². The third-order valence-electron chi connectivity index (χ3n) is 4.90. The molecule has 0 bridgehead atoms. The summed E-state index contributed by atoms with van der Waals surface area (Å²) in [5.74, 6) is -6.26. The van der Waals surface area contributed by atoms with Crippen LogP contribution >= 0.6 is 0 Å². The average molecular weight is 448 g/mol. The SMILES string of the molecule is CCOC(=O)C(C=Nc1ccc(F)c(F)c1)C(=O)c1cc(CN2CCOCC2)ccc1F. The van der Waals surface area contributed by atoms with Gasteiger partial charge in [-0.15, -0.1) is 0 Å². The number of carbonyl (C=O) groups excluding carboxylic acids is 2. The molecule has 2 aromatic carbocycles. The standard InChI is InChI=1S/C23H23F3N2O4/c1-2-32-23(30)18(13-27-16-4-6-20(25)21(26)12-16)22(29)17-11-15(3-5-19(17)24)14-28-7-9-31-10-8-28/h3-6,11-13,18H,2,7-10,14H2,1H3. The van der Waals surface area contributed by atoms with Crippen molar-refractivity contribution in [1.82, 2.24) is 4.90 Å². The highest BCUT2D eigenvalue weighted by Gasteiger charge is 2.30. The maximum atomic E-state index is 14.5. The van der Waals surface area contributed by atoms with Crippen LogP contribution in [0.1, 0.15) is 22.8 Å². The van der Waals surface area contributed by atoms with E-state index in [2.05, 4.69) is 9.89 Å². The lowest BCUT2D eigenvalue weighted by Crippen LogP contribution is -2.35. The van der Waals surface area contributed by atoms with Crippen LogP contribution in [0.3, 0.4) is 0 Å². The molecule has 1 aliphatic rings. The number of morpholine rings is 1. The van der Waals surface area contributed by atoms with Gasteiger partial charge in [0.2, 0.25) is 0 Å². The van der Waals surface area contributed by atoms with Gasteiger partial charge in [-0.2, -0.15) is 0 Å². The van der Waals surface area contributed by atoms with Crippen LogP contribution in [0.2, 0.25) is 0 Å². The van der Waals surface area contributed by atoms with Gasteiger partial charge in [-0.1, -0.05) is 6.07 Å². The van der Waals surface area contributed by atoms with Crippen LogP contribution < -0.4 is 0 Å². The first-order chi connectivity index (χ1) is 15.4. The molecule has 6 nitrogen and oxygen atoms in total. The van der Waals surface area contributed by atoms with E-state index in [1.54, 1.807) is 13.0 Å². The molecule has 1 saturated heterocycles. The highest BCUT2D eigenvalue weighted by atomic mass is 19.2. The van der Waals surface area contributed by atoms with E-state index >= 15 is 0 Å². The van der Waals surface area contributed by atoms with Crippen molar-refractivity contribution >= 4 is 23.7 Å². The highest BCUT2D eigenvalue weighted by Crippen LogP contribution is 2.20. The number of Topliss-reactive ketones (excluding diaryl/α,β-unsaturated/α-hetero) is 1.